The van der Waals surface area contributed by atoms with Gasteiger partial charge in [-0.05, 0) is 43.5 Å². The third-order valence-corrected chi connectivity index (χ3v) is 7.04. The summed E-state index contributed by atoms with van der Waals surface area (Å²) in [5, 5.41) is 6.14. The minimum Gasteiger partial charge on any atom is -0.324 e. The van der Waals surface area contributed by atoms with Crippen molar-refractivity contribution in [2.24, 2.45) is 11.8 Å². The summed E-state index contributed by atoms with van der Waals surface area (Å²) in [6, 6.07) is 13.0. The molecule has 5 atom stereocenters. The minimum absolute atomic E-state index is 0.257. The molecule has 3 aliphatic rings. The van der Waals surface area contributed by atoms with Crippen molar-refractivity contribution in [3.63, 3.8) is 0 Å². The molecule has 3 heterocycles. The first-order chi connectivity index (χ1) is 14.9. The van der Waals surface area contributed by atoms with Gasteiger partial charge in [-0.15, -0.1) is 0 Å². The lowest BCUT2D eigenvalue weighted by Gasteiger charge is -2.31. The van der Waals surface area contributed by atoms with E-state index in [1.807, 2.05) is 44.2 Å². The maximum absolute atomic E-state index is 14.2. The van der Waals surface area contributed by atoms with E-state index >= 15 is 0 Å². The Morgan fingerprint density at radius 3 is 2.55 bits per heavy atom. The van der Waals surface area contributed by atoms with Crippen molar-refractivity contribution >= 4 is 23.4 Å². The number of fused-ring (bicyclic) bond motifs is 4. The molecule has 3 unspecified atom stereocenters. The van der Waals surface area contributed by atoms with Crippen molar-refractivity contribution in [1.82, 2.24) is 10.2 Å². The molecule has 2 aromatic rings. The zero-order chi connectivity index (χ0) is 21.9. The maximum Gasteiger partial charge on any atom is 0.250 e. The van der Waals surface area contributed by atoms with E-state index in [0.717, 1.165) is 5.56 Å². The Bertz CT molecular complexity index is 1090. The van der Waals surface area contributed by atoms with Crippen molar-refractivity contribution < 1.29 is 18.8 Å². The van der Waals surface area contributed by atoms with Gasteiger partial charge in [0.15, 0.2) is 0 Å². The SMILES string of the molecule is CCC(C)N1C(=O)[C@@H]2C(Cc3ccccc3)NC3(C(=O)Nc4ccc(F)cc43)[C@@H]2C1=O. The van der Waals surface area contributed by atoms with Crippen LogP contribution in [0.1, 0.15) is 31.4 Å². The van der Waals surface area contributed by atoms with Gasteiger partial charge in [-0.3, -0.25) is 24.6 Å². The molecule has 0 aromatic heterocycles. The monoisotopic (exact) mass is 421 g/mol. The average molecular weight is 421 g/mol. The number of anilines is 1. The molecular formula is C24H24FN3O3. The van der Waals surface area contributed by atoms with Gasteiger partial charge in [-0.25, -0.2) is 4.39 Å². The van der Waals surface area contributed by atoms with E-state index in [1.54, 1.807) is 0 Å². The quantitative estimate of drug-likeness (QED) is 0.744. The van der Waals surface area contributed by atoms with Gasteiger partial charge in [0.05, 0.1) is 11.8 Å². The van der Waals surface area contributed by atoms with Crippen LogP contribution < -0.4 is 10.6 Å². The lowest BCUT2D eigenvalue weighted by molar-refractivity contribution is -0.145. The summed E-state index contributed by atoms with van der Waals surface area (Å²) < 4.78 is 14.2. The van der Waals surface area contributed by atoms with Crippen LogP contribution in [0.2, 0.25) is 0 Å². The van der Waals surface area contributed by atoms with Crippen LogP contribution in [-0.4, -0.2) is 34.7 Å². The van der Waals surface area contributed by atoms with Crippen LogP contribution in [0.15, 0.2) is 48.5 Å². The van der Waals surface area contributed by atoms with Crippen LogP contribution in [-0.2, 0) is 26.3 Å². The Kier molecular flexibility index (Phi) is 4.48. The van der Waals surface area contributed by atoms with Crippen LogP contribution in [0, 0.1) is 17.7 Å². The summed E-state index contributed by atoms with van der Waals surface area (Å²) in [4.78, 5) is 41.7. The normalized spacial score (nSPS) is 30.0. The third-order valence-electron chi connectivity index (χ3n) is 7.04. The number of likely N-dealkylation sites (tertiary alicyclic amines) is 1. The Balaban J connectivity index is 1.66. The minimum atomic E-state index is -1.46. The van der Waals surface area contributed by atoms with Crippen LogP contribution >= 0.6 is 0 Å². The molecule has 160 valence electrons. The molecule has 0 aliphatic carbocycles. The number of nitrogens with zero attached hydrogens (tertiary/aromatic N) is 1. The second kappa shape index (κ2) is 6.99. The van der Waals surface area contributed by atoms with Crippen molar-refractivity contribution in [3.05, 3.63) is 65.5 Å². The van der Waals surface area contributed by atoms with E-state index in [4.69, 9.17) is 0 Å². The van der Waals surface area contributed by atoms with Crippen LogP contribution in [0.3, 0.4) is 0 Å². The van der Waals surface area contributed by atoms with Crippen LogP contribution in [0.25, 0.3) is 0 Å². The lowest BCUT2D eigenvalue weighted by Crippen LogP contribution is -2.54. The highest BCUT2D eigenvalue weighted by Gasteiger charge is 2.70. The Hall–Kier alpha value is -3.06. The van der Waals surface area contributed by atoms with Gasteiger partial charge in [0.2, 0.25) is 17.7 Å². The highest BCUT2D eigenvalue weighted by atomic mass is 19.1. The second-order valence-corrected chi connectivity index (χ2v) is 8.70. The number of amides is 3. The molecule has 3 amide bonds. The van der Waals surface area contributed by atoms with E-state index in [2.05, 4.69) is 10.6 Å². The first-order valence-electron chi connectivity index (χ1n) is 10.7. The molecular weight excluding hydrogens is 397 g/mol. The molecule has 0 radical (unpaired) electrons. The Labute approximate surface area is 179 Å². The van der Waals surface area contributed by atoms with Gasteiger partial charge in [-0.2, -0.15) is 0 Å². The molecule has 2 fully saturated rings. The molecule has 5 rings (SSSR count). The number of carbonyl (C=O) groups is 3. The number of rotatable bonds is 4. The first-order valence-corrected chi connectivity index (χ1v) is 10.7. The molecule has 6 nitrogen and oxygen atoms in total. The van der Waals surface area contributed by atoms with Crippen LogP contribution in [0.5, 0.6) is 0 Å². The average Bonchev–Trinajstić information content (AvgIpc) is 3.33. The molecule has 3 aliphatic heterocycles. The van der Waals surface area contributed by atoms with Crippen molar-refractivity contribution in [3.8, 4) is 0 Å². The number of hydrogen-bond acceptors (Lipinski definition) is 4. The van der Waals surface area contributed by atoms with E-state index in [9.17, 15) is 18.8 Å². The van der Waals surface area contributed by atoms with Crippen molar-refractivity contribution in [2.45, 2.75) is 44.3 Å². The zero-order valence-electron chi connectivity index (χ0n) is 17.4. The predicted molar refractivity (Wildman–Crippen MR) is 112 cm³/mol. The highest BCUT2D eigenvalue weighted by Crippen LogP contribution is 2.53. The van der Waals surface area contributed by atoms with E-state index in [-0.39, 0.29) is 17.9 Å². The molecule has 0 bridgehead atoms. The molecule has 0 saturated carbocycles. The largest absolute Gasteiger partial charge is 0.324 e. The fraction of sp³-hybridized carbons (Fsp3) is 0.375. The predicted octanol–water partition coefficient (Wildman–Crippen LogP) is 2.59. The van der Waals surface area contributed by atoms with Gasteiger partial charge in [-0.1, -0.05) is 37.3 Å². The van der Waals surface area contributed by atoms with Gasteiger partial charge in [0, 0.05) is 23.3 Å². The standard InChI is InChI=1S/C24H24FN3O3/c1-3-13(2)28-21(29)19-18(11-14-7-5-4-6-8-14)27-24(20(19)22(28)30)16-12-15(25)9-10-17(16)26-23(24)31/h4-10,12-13,18-20,27H,3,11H2,1-2H3,(H,26,31)/t13?,18?,19-,20+,24?/m1/s1. The maximum atomic E-state index is 14.2. The summed E-state index contributed by atoms with van der Waals surface area (Å²) in [6.07, 6.45) is 1.10. The van der Waals surface area contributed by atoms with Crippen molar-refractivity contribution in [2.75, 3.05) is 5.32 Å². The summed E-state index contributed by atoms with van der Waals surface area (Å²) in [5.74, 6) is -3.12. The fourth-order valence-corrected chi connectivity index (χ4v) is 5.46. The molecule has 31 heavy (non-hydrogen) atoms. The molecule has 2 N–H and O–H groups in total. The van der Waals surface area contributed by atoms with Crippen molar-refractivity contribution in [1.29, 1.82) is 0 Å². The first kappa shape index (κ1) is 19.9. The van der Waals surface area contributed by atoms with E-state index in [1.165, 1.54) is 23.1 Å². The van der Waals surface area contributed by atoms with Gasteiger partial charge < -0.3 is 5.32 Å². The van der Waals surface area contributed by atoms with Crippen LogP contribution in [0.4, 0.5) is 10.1 Å². The third kappa shape index (κ3) is 2.69. The number of imide groups is 1. The van der Waals surface area contributed by atoms with Gasteiger partial charge in [0.25, 0.3) is 0 Å². The highest BCUT2D eigenvalue weighted by molar-refractivity contribution is 6.15. The lowest BCUT2D eigenvalue weighted by atomic mass is 9.76. The smallest absolute Gasteiger partial charge is 0.250 e. The summed E-state index contributed by atoms with van der Waals surface area (Å²) >= 11 is 0. The van der Waals surface area contributed by atoms with E-state index in [0.29, 0.717) is 24.1 Å². The number of hydrogen-bond donors (Lipinski definition) is 2. The topological polar surface area (TPSA) is 78.5 Å². The summed E-state index contributed by atoms with van der Waals surface area (Å²) in [7, 11) is 0. The summed E-state index contributed by atoms with van der Waals surface area (Å²) in [5.41, 5.74) is 0.405. The molecule has 2 saturated heterocycles. The summed E-state index contributed by atoms with van der Waals surface area (Å²) in [6.45, 7) is 3.76. The fourth-order valence-electron chi connectivity index (χ4n) is 5.46. The Morgan fingerprint density at radius 2 is 1.84 bits per heavy atom. The Morgan fingerprint density at radius 1 is 1.10 bits per heavy atom. The molecule has 7 heteroatoms. The number of halogens is 1. The van der Waals surface area contributed by atoms with Gasteiger partial charge in [0.1, 0.15) is 11.4 Å². The molecule has 2 aromatic carbocycles. The number of nitrogens with one attached hydrogen (secondary N) is 2. The second-order valence-electron chi connectivity index (χ2n) is 8.70. The number of carbonyl (C=O) groups excluding carboxylic acids is 3. The number of benzene rings is 2. The van der Waals surface area contributed by atoms with E-state index < -0.39 is 35.1 Å². The van der Waals surface area contributed by atoms with Gasteiger partial charge >= 0.3 is 0 Å². The zero-order valence-corrected chi connectivity index (χ0v) is 17.4. The molecule has 1 spiro atoms.